The Balaban J connectivity index is 2.74. The fourth-order valence-electron chi connectivity index (χ4n) is 4.50. The zero-order chi connectivity index (χ0) is 30.0. The lowest BCUT2D eigenvalue weighted by molar-refractivity contribution is 0.0898. The molecule has 0 spiro atoms. The summed E-state index contributed by atoms with van der Waals surface area (Å²) in [6.07, 6.45) is 16.8. The average Bonchev–Trinajstić information content (AvgIpc) is 2.92. The van der Waals surface area contributed by atoms with Gasteiger partial charge < -0.3 is 9.16 Å². The van der Waals surface area contributed by atoms with Gasteiger partial charge in [-0.2, -0.15) is 0 Å². The van der Waals surface area contributed by atoms with Gasteiger partial charge in [-0.3, -0.25) is 4.90 Å². The average molecular weight is 572 g/mol. The second-order valence-corrected chi connectivity index (χ2v) is 17.7. The summed E-state index contributed by atoms with van der Waals surface area (Å²) in [7, 11) is -2.02. The van der Waals surface area contributed by atoms with Gasteiger partial charge in [0.25, 0.3) is 0 Å². The largest absolute Gasteiger partial charge is 0.445 e. The van der Waals surface area contributed by atoms with Crippen molar-refractivity contribution >= 4 is 14.4 Å². The van der Waals surface area contributed by atoms with Crippen LogP contribution in [0.15, 0.2) is 55.1 Å². The van der Waals surface area contributed by atoms with Crippen molar-refractivity contribution in [2.75, 3.05) is 6.54 Å². The Morgan fingerprint density at radius 2 is 1.48 bits per heavy atom. The van der Waals surface area contributed by atoms with E-state index >= 15 is 0 Å². The Hall–Kier alpha value is -1.85. The Morgan fingerprint density at radius 1 is 0.950 bits per heavy atom. The molecule has 1 rings (SSSR count). The molecule has 228 valence electrons. The quantitative estimate of drug-likeness (QED) is 0.0836. The first-order valence-corrected chi connectivity index (χ1v) is 18.8. The van der Waals surface area contributed by atoms with Crippen LogP contribution >= 0.6 is 0 Å². The second-order valence-electron chi connectivity index (χ2n) is 13.0. The third-order valence-electron chi connectivity index (χ3n) is 8.41. The summed E-state index contributed by atoms with van der Waals surface area (Å²) in [5.74, 6) is 0. The molecule has 40 heavy (non-hydrogen) atoms. The molecule has 0 fully saturated rings. The van der Waals surface area contributed by atoms with Gasteiger partial charge in [-0.15, -0.1) is 6.58 Å². The molecule has 0 aliphatic carbocycles. The van der Waals surface area contributed by atoms with Crippen LogP contribution in [-0.4, -0.2) is 38.0 Å². The zero-order valence-corrected chi connectivity index (χ0v) is 28.1. The lowest BCUT2D eigenvalue weighted by atomic mass is 10.0. The fraction of sp³-hybridized carbons (Fsp3) is 0.686. The standard InChI is InChI=1S/C35H61NO3Si/c1-10-12-13-14-15-16-17-18-19-20-24-27-33(39-40(8,9)35(5,6)7)30(3)28-36(31(4)11-2)34(37)38-29-32-25-22-21-23-26-32/h11,21-23,25-26,31,33H,2-3,10,12-20,24,27-29H2,1,4-9H3/t31-,33-/m0/s1. The number of unbranched alkanes of at least 4 members (excludes halogenated alkanes) is 10. The van der Waals surface area contributed by atoms with E-state index in [4.69, 9.17) is 9.16 Å². The summed E-state index contributed by atoms with van der Waals surface area (Å²) in [4.78, 5) is 14.9. The Bertz CT molecular complexity index is 846. The number of ether oxygens (including phenoxy) is 1. The minimum atomic E-state index is -2.02. The number of amides is 1. The van der Waals surface area contributed by atoms with E-state index < -0.39 is 8.32 Å². The van der Waals surface area contributed by atoms with Gasteiger partial charge in [0, 0.05) is 6.54 Å². The highest BCUT2D eigenvalue weighted by atomic mass is 28.4. The van der Waals surface area contributed by atoms with Crippen LogP contribution in [0.1, 0.15) is 117 Å². The lowest BCUT2D eigenvalue weighted by Crippen LogP contribution is -2.46. The minimum Gasteiger partial charge on any atom is -0.445 e. The third kappa shape index (κ3) is 14.2. The van der Waals surface area contributed by atoms with Gasteiger partial charge >= 0.3 is 6.09 Å². The molecule has 0 N–H and O–H groups in total. The van der Waals surface area contributed by atoms with E-state index in [1.54, 1.807) is 11.0 Å². The van der Waals surface area contributed by atoms with E-state index in [9.17, 15) is 4.79 Å². The van der Waals surface area contributed by atoms with Gasteiger partial charge in [0.15, 0.2) is 8.32 Å². The van der Waals surface area contributed by atoms with Crippen LogP contribution < -0.4 is 0 Å². The van der Waals surface area contributed by atoms with Crippen molar-refractivity contribution in [1.82, 2.24) is 4.90 Å². The van der Waals surface area contributed by atoms with Crippen molar-refractivity contribution < 1.29 is 14.0 Å². The summed E-state index contributed by atoms with van der Waals surface area (Å²) in [6.45, 7) is 24.7. The molecular formula is C35H61NO3Si. The molecule has 0 aliphatic rings. The van der Waals surface area contributed by atoms with Gasteiger partial charge in [-0.25, -0.2) is 4.79 Å². The van der Waals surface area contributed by atoms with E-state index in [1.165, 1.54) is 64.2 Å². The van der Waals surface area contributed by atoms with Crippen molar-refractivity contribution in [3.63, 3.8) is 0 Å². The number of carbonyl (C=O) groups excluding carboxylic acids is 1. The van der Waals surface area contributed by atoms with Crippen LogP contribution in [0.4, 0.5) is 4.79 Å². The van der Waals surface area contributed by atoms with E-state index in [2.05, 4.69) is 53.9 Å². The van der Waals surface area contributed by atoms with E-state index in [1.807, 2.05) is 37.3 Å². The summed E-state index contributed by atoms with van der Waals surface area (Å²) in [5, 5.41) is 0.103. The molecule has 1 aromatic carbocycles. The predicted molar refractivity (Wildman–Crippen MR) is 175 cm³/mol. The summed E-state index contributed by atoms with van der Waals surface area (Å²) < 4.78 is 12.6. The van der Waals surface area contributed by atoms with Crippen LogP contribution in [-0.2, 0) is 15.8 Å². The van der Waals surface area contributed by atoms with Crippen LogP contribution in [0.5, 0.6) is 0 Å². The van der Waals surface area contributed by atoms with Crippen molar-refractivity contribution in [3.05, 3.63) is 60.7 Å². The first-order chi connectivity index (χ1) is 18.9. The maximum absolute atomic E-state index is 13.2. The van der Waals surface area contributed by atoms with Crippen LogP contribution in [0.25, 0.3) is 0 Å². The van der Waals surface area contributed by atoms with Crippen LogP contribution in [0, 0.1) is 0 Å². The molecule has 4 nitrogen and oxygen atoms in total. The SMILES string of the molecule is C=C[C@H](C)N(CC(=C)[C@H](CCCCCCCCCCCCC)O[Si](C)(C)C(C)(C)C)C(=O)OCc1ccccc1. The molecule has 0 bridgehead atoms. The number of rotatable bonds is 21. The minimum absolute atomic E-state index is 0.0686. The van der Waals surface area contributed by atoms with E-state index in [0.29, 0.717) is 6.54 Å². The molecule has 1 amide bonds. The molecule has 0 saturated carbocycles. The third-order valence-corrected chi connectivity index (χ3v) is 12.9. The van der Waals surface area contributed by atoms with Crippen molar-refractivity contribution in [2.45, 2.75) is 149 Å². The Labute approximate surface area is 248 Å². The van der Waals surface area contributed by atoms with Gasteiger partial charge in [-0.05, 0) is 42.6 Å². The summed E-state index contributed by atoms with van der Waals surface area (Å²) in [5.41, 5.74) is 1.92. The predicted octanol–water partition coefficient (Wildman–Crippen LogP) is 10.8. The number of hydrogen-bond acceptors (Lipinski definition) is 3. The maximum atomic E-state index is 13.2. The van der Waals surface area contributed by atoms with Crippen molar-refractivity contribution in [1.29, 1.82) is 0 Å². The lowest BCUT2D eigenvalue weighted by Gasteiger charge is -2.40. The van der Waals surface area contributed by atoms with Crippen molar-refractivity contribution in [3.8, 4) is 0 Å². The highest BCUT2D eigenvalue weighted by Gasteiger charge is 2.40. The molecular weight excluding hydrogens is 510 g/mol. The van der Waals surface area contributed by atoms with Crippen LogP contribution in [0.3, 0.4) is 0 Å². The fourth-order valence-corrected chi connectivity index (χ4v) is 5.85. The summed E-state index contributed by atoms with van der Waals surface area (Å²) in [6, 6.07) is 9.61. The topological polar surface area (TPSA) is 38.8 Å². The number of carbonyl (C=O) groups is 1. The second kappa shape index (κ2) is 19.3. The molecule has 1 aromatic rings. The molecule has 2 atom stereocenters. The van der Waals surface area contributed by atoms with E-state index in [-0.39, 0.29) is 29.9 Å². The van der Waals surface area contributed by atoms with E-state index in [0.717, 1.165) is 24.0 Å². The number of hydrogen-bond donors (Lipinski definition) is 0. The highest BCUT2D eigenvalue weighted by molar-refractivity contribution is 6.74. The van der Waals surface area contributed by atoms with Gasteiger partial charge in [-0.1, -0.05) is 141 Å². The molecule has 0 radical (unpaired) electrons. The molecule has 5 heteroatoms. The molecule has 0 unspecified atom stereocenters. The van der Waals surface area contributed by atoms with Gasteiger partial charge in [0.05, 0.1) is 12.1 Å². The zero-order valence-electron chi connectivity index (χ0n) is 27.1. The smallest absolute Gasteiger partial charge is 0.410 e. The first kappa shape index (κ1) is 36.2. The molecule has 0 heterocycles. The molecule has 0 aliphatic heterocycles. The highest BCUT2D eigenvalue weighted by Crippen LogP contribution is 2.38. The van der Waals surface area contributed by atoms with Gasteiger partial charge in [0.2, 0.25) is 0 Å². The maximum Gasteiger partial charge on any atom is 0.410 e. The molecule has 0 aromatic heterocycles. The van der Waals surface area contributed by atoms with Crippen molar-refractivity contribution in [2.24, 2.45) is 0 Å². The molecule has 0 saturated heterocycles. The monoisotopic (exact) mass is 571 g/mol. The van der Waals surface area contributed by atoms with Crippen LogP contribution in [0.2, 0.25) is 18.1 Å². The van der Waals surface area contributed by atoms with Gasteiger partial charge in [0.1, 0.15) is 6.61 Å². The number of nitrogens with zero attached hydrogens (tertiary/aromatic N) is 1. The number of benzene rings is 1. The Morgan fingerprint density at radius 3 is 1.98 bits per heavy atom. The first-order valence-electron chi connectivity index (χ1n) is 15.9. The normalized spacial score (nSPS) is 13.5. The Kier molecular flexibility index (Phi) is 17.5. The summed E-state index contributed by atoms with van der Waals surface area (Å²) >= 11 is 0.